The van der Waals surface area contributed by atoms with Crippen LogP contribution in [-0.2, 0) is 13.0 Å². The number of nitrogens with one attached hydrogen (secondary N) is 1. The van der Waals surface area contributed by atoms with Crippen molar-refractivity contribution in [1.29, 1.82) is 0 Å². The highest BCUT2D eigenvalue weighted by atomic mass is 16.5. The summed E-state index contributed by atoms with van der Waals surface area (Å²) in [6.07, 6.45) is 0.892. The fourth-order valence-corrected chi connectivity index (χ4v) is 2.48. The maximum atomic E-state index is 5.43. The zero-order valence-electron chi connectivity index (χ0n) is 14.1. The summed E-state index contributed by atoms with van der Waals surface area (Å²) < 4.78 is 13.1. The molecule has 0 bridgehead atoms. The molecule has 0 aliphatic carbocycles. The van der Waals surface area contributed by atoms with E-state index >= 15 is 0 Å². The van der Waals surface area contributed by atoms with Gasteiger partial charge in [0.15, 0.2) is 11.5 Å². The van der Waals surface area contributed by atoms with Crippen LogP contribution >= 0.6 is 0 Å². The molecule has 122 valence electrons. The van der Waals surface area contributed by atoms with Crippen LogP contribution in [-0.4, -0.2) is 62.9 Å². The summed E-state index contributed by atoms with van der Waals surface area (Å²) >= 11 is 0. The number of ether oxygens (including phenoxy) is 2. The van der Waals surface area contributed by atoms with Gasteiger partial charge in [0.1, 0.15) is 5.82 Å². The Morgan fingerprint density at radius 2 is 1.86 bits per heavy atom. The number of rotatable bonds is 8. The molecule has 6 heteroatoms. The molecule has 1 aromatic carbocycles. The van der Waals surface area contributed by atoms with Crippen molar-refractivity contribution < 1.29 is 9.47 Å². The lowest BCUT2D eigenvalue weighted by Gasteiger charge is -2.14. The van der Waals surface area contributed by atoms with E-state index in [1.54, 1.807) is 14.2 Å². The van der Waals surface area contributed by atoms with E-state index < -0.39 is 0 Å². The average molecular weight is 306 g/mol. The molecule has 0 saturated carbocycles. The van der Waals surface area contributed by atoms with Crippen molar-refractivity contribution >= 4 is 11.0 Å². The Morgan fingerprint density at radius 3 is 2.45 bits per heavy atom. The second-order valence-electron chi connectivity index (χ2n) is 5.53. The molecule has 2 rings (SSSR count). The third kappa shape index (κ3) is 3.51. The van der Waals surface area contributed by atoms with Crippen LogP contribution in [0.3, 0.4) is 0 Å². The van der Waals surface area contributed by atoms with Crippen LogP contribution in [0.15, 0.2) is 12.1 Å². The first-order valence-electron chi connectivity index (χ1n) is 7.51. The first-order valence-corrected chi connectivity index (χ1v) is 7.51. The van der Waals surface area contributed by atoms with Crippen molar-refractivity contribution in [2.24, 2.45) is 0 Å². The smallest absolute Gasteiger partial charge is 0.163 e. The average Bonchev–Trinajstić information content (AvgIpc) is 2.85. The molecule has 0 fully saturated rings. The molecule has 0 amide bonds. The standard InChI is InChI=1S/C16H26N4O2/c1-17-7-6-16-18-12-10-14(21-4)15(22-5)11-13(12)20(16)9-8-19(2)3/h10-11,17H,6-9H2,1-5H3. The van der Waals surface area contributed by atoms with Crippen molar-refractivity contribution in [2.45, 2.75) is 13.0 Å². The molecule has 2 aromatic rings. The minimum atomic E-state index is 0.715. The van der Waals surface area contributed by atoms with Gasteiger partial charge in [0.2, 0.25) is 0 Å². The SMILES string of the molecule is CNCCc1nc2cc(OC)c(OC)cc2n1CCN(C)C. The van der Waals surface area contributed by atoms with E-state index in [9.17, 15) is 0 Å². The highest BCUT2D eigenvalue weighted by molar-refractivity contribution is 5.80. The number of methoxy groups -OCH3 is 2. The molecule has 0 radical (unpaired) electrons. The van der Waals surface area contributed by atoms with E-state index in [2.05, 4.69) is 28.9 Å². The molecule has 0 aliphatic heterocycles. The first-order chi connectivity index (χ1) is 10.6. The topological polar surface area (TPSA) is 51.6 Å². The van der Waals surface area contributed by atoms with Gasteiger partial charge in [-0.25, -0.2) is 4.98 Å². The van der Waals surface area contributed by atoms with Crippen LogP contribution in [0.4, 0.5) is 0 Å². The van der Waals surface area contributed by atoms with Crippen LogP contribution in [0.1, 0.15) is 5.82 Å². The van der Waals surface area contributed by atoms with E-state index in [-0.39, 0.29) is 0 Å². The lowest BCUT2D eigenvalue weighted by atomic mass is 10.2. The van der Waals surface area contributed by atoms with Crippen LogP contribution < -0.4 is 14.8 Å². The second-order valence-corrected chi connectivity index (χ2v) is 5.53. The number of imidazole rings is 1. The fraction of sp³-hybridized carbons (Fsp3) is 0.562. The molecular formula is C16H26N4O2. The Morgan fingerprint density at radius 1 is 1.18 bits per heavy atom. The predicted molar refractivity (Wildman–Crippen MR) is 89.0 cm³/mol. The summed E-state index contributed by atoms with van der Waals surface area (Å²) in [7, 11) is 9.42. The lowest BCUT2D eigenvalue weighted by molar-refractivity contribution is 0.355. The molecule has 1 N–H and O–H groups in total. The molecule has 0 spiro atoms. The second kappa shape index (κ2) is 7.47. The van der Waals surface area contributed by atoms with Gasteiger partial charge in [-0.05, 0) is 21.1 Å². The summed E-state index contributed by atoms with van der Waals surface area (Å²) in [6.45, 7) is 2.77. The summed E-state index contributed by atoms with van der Waals surface area (Å²) in [5.74, 6) is 2.54. The molecule has 1 heterocycles. The van der Waals surface area contributed by atoms with E-state index in [0.717, 1.165) is 48.7 Å². The number of likely N-dealkylation sites (N-methyl/N-ethyl adjacent to an activating group) is 2. The van der Waals surface area contributed by atoms with Gasteiger partial charge >= 0.3 is 0 Å². The summed E-state index contributed by atoms with van der Waals surface area (Å²) in [5, 5.41) is 3.18. The molecular weight excluding hydrogens is 280 g/mol. The molecule has 0 unspecified atom stereocenters. The number of aromatic nitrogens is 2. The lowest BCUT2D eigenvalue weighted by Crippen LogP contribution is -2.21. The third-order valence-electron chi connectivity index (χ3n) is 3.70. The molecule has 22 heavy (non-hydrogen) atoms. The van der Waals surface area contributed by atoms with Crippen molar-refractivity contribution in [2.75, 3.05) is 48.5 Å². The normalized spacial score (nSPS) is 11.4. The Balaban J connectivity index is 2.48. The number of hydrogen-bond acceptors (Lipinski definition) is 5. The van der Waals surface area contributed by atoms with Gasteiger partial charge in [0.05, 0.1) is 25.3 Å². The number of nitrogens with zero attached hydrogens (tertiary/aromatic N) is 3. The van der Waals surface area contributed by atoms with Crippen LogP contribution in [0.2, 0.25) is 0 Å². The Bertz CT molecular complexity index is 622. The minimum Gasteiger partial charge on any atom is -0.493 e. The van der Waals surface area contributed by atoms with Gasteiger partial charge in [-0.1, -0.05) is 0 Å². The predicted octanol–water partition coefficient (Wildman–Crippen LogP) is 1.38. The Kier molecular flexibility index (Phi) is 5.63. The van der Waals surface area contributed by atoms with Gasteiger partial charge in [0.25, 0.3) is 0 Å². The zero-order valence-corrected chi connectivity index (χ0v) is 14.1. The summed E-state index contributed by atoms with van der Waals surface area (Å²) in [6, 6.07) is 3.96. The van der Waals surface area contributed by atoms with E-state index in [1.165, 1.54) is 0 Å². The monoisotopic (exact) mass is 306 g/mol. The molecule has 0 saturated heterocycles. The highest BCUT2D eigenvalue weighted by Gasteiger charge is 2.15. The van der Waals surface area contributed by atoms with Crippen molar-refractivity contribution in [1.82, 2.24) is 19.8 Å². The maximum Gasteiger partial charge on any atom is 0.163 e. The molecule has 6 nitrogen and oxygen atoms in total. The van der Waals surface area contributed by atoms with E-state index in [4.69, 9.17) is 14.5 Å². The number of fused-ring (bicyclic) bond motifs is 1. The van der Waals surface area contributed by atoms with Gasteiger partial charge in [-0.2, -0.15) is 0 Å². The maximum absolute atomic E-state index is 5.43. The third-order valence-corrected chi connectivity index (χ3v) is 3.70. The van der Waals surface area contributed by atoms with E-state index in [0.29, 0.717) is 5.75 Å². The summed E-state index contributed by atoms with van der Waals surface area (Å²) in [4.78, 5) is 6.96. The van der Waals surface area contributed by atoms with Gasteiger partial charge in [-0.15, -0.1) is 0 Å². The highest BCUT2D eigenvalue weighted by Crippen LogP contribution is 2.32. The zero-order chi connectivity index (χ0) is 16.1. The van der Waals surface area contributed by atoms with Crippen molar-refractivity contribution in [3.05, 3.63) is 18.0 Å². The fourth-order valence-electron chi connectivity index (χ4n) is 2.48. The van der Waals surface area contributed by atoms with Crippen molar-refractivity contribution in [3.8, 4) is 11.5 Å². The number of benzene rings is 1. The largest absolute Gasteiger partial charge is 0.493 e. The molecule has 0 aliphatic rings. The van der Waals surface area contributed by atoms with Crippen LogP contribution in [0.25, 0.3) is 11.0 Å². The van der Waals surface area contributed by atoms with Gasteiger partial charge in [-0.3, -0.25) is 0 Å². The van der Waals surface area contributed by atoms with Crippen LogP contribution in [0, 0.1) is 0 Å². The first kappa shape index (κ1) is 16.6. The minimum absolute atomic E-state index is 0.715. The van der Waals surface area contributed by atoms with Crippen molar-refractivity contribution in [3.63, 3.8) is 0 Å². The Hall–Kier alpha value is -1.79. The number of hydrogen-bond donors (Lipinski definition) is 1. The van der Waals surface area contributed by atoms with Crippen LogP contribution in [0.5, 0.6) is 11.5 Å². The molecule has 1 aromatic heterocycles. The van der Waals surface area contributed by atoms with Gasteiger partial charge < -0.3 is 24.3 Å². The summed E-state index contributed by atoms with van der Waals surface area (Å²) in [5.41, 5.74) is 2.04. The Labute approximate surface area is 132 Å². The van der Waals surface area contributed by atoms with Gasteiger partial charge in [0, 0.05) is 38.2 Å². The van der Waals surface area contributed by atoms with E-state index in [1.807, 2.05) is 19.2 Å². The molecule has 0 atom stereocenters. The quantitative estimate of drug-likeness (QED) is 0.798.